The Morgan fingerprint density at radius 2 is 1.96 bits per heavy atom. The van der Waals surface area contributed by atoms with Crippen LogP contribution in [-0.2, 0) is 0 Å². The van der Waals surface area contributed by atoms with Gasteiger partial charge in [0, 0.05) is 18.4 Å². The molecule has 0 bridgehead atoms. The molecule has 146 valence electrons. The molecule has 8 nitrogen and oxygen atoms in total. The van der Waals surface area contributed by atoms with E-state index in [1.807, 2.05) is 10.6 Å². The van der Waals surface area contributed by atoms with Gasteiger partial charge in [0.1, 0.15) is 16.9 Å². The number of aryl methyl sites for hydroxylation is 1. The van der Waals surface area contributed by atoms with E-state index in [4.69, 9.17) is 9.47 Å². The predicted molar refractivity (Wildman–Crippen MR) is 105 cm³/mol. The van der Waals surface area contributed by atoms with Crippen molar-refractivity contribution in [3.8, 4) is 23.1 Å². The van der Waals surface area contributed by atoms with Crippen molar-refractivity contribution in [1.82, 2.24) is 24.5 Å². The van der Waals surface area contributed by atoms with Crippen molar-refractivity contribution in [3.63, 3.8) is 0 Å². The van der Waals surface area contributed by atoms with E-state index >= 15 is 0 Å². The molecule has 0 N–H and O–H groups in total. The Balaban J connectivity index is 1.97. The molecule has 28 heavy (non-hydrogen) atoms. The summed E-state index contributed by atoms with van der Waals surface area (Å²) in [4.78, 5) is 30.5. The summed E-state index contributed by atoms with van der Waals surface area (Å²) >= 11 is 0. The summed E-state index contributed by atoms with van der Waals surface area (Å²) in [5.74, 6) is 0.856. The summed E-state index contributed by atoms with van der Waals surface area (Å²) in [5.41, 5.74) is 2.97. The summed E-state index contributed by atoms with van der Waals surface area (Å²) in [6.45, 7) is 3.85. The second-order valence-electron chi connectivity index (χ2n) is 7.11. The molecule has 1 aliphatic rings. The summed E-state index contributed by atoms with van der Waals surface area (Å²) in [6, 6.07) is 2.16. The van der Waals surface area contributed by atoms with Gasteiger partial charge in [-0.05, 0) is 38.7 Å². The quantitative estimate of drug-likeness (QED) is 0.671. The maximum atomic E-state index is 12.9. The van der Waals surface area contributed by atoms with E-state index in [0.29, 0.717) is 34.3 Å². The lowest BCUT2D eigenvalue weighted by Gasteiger charge is -2.33. The second-order valence-corrected chi connectivity index (χ2v) is 7.11. The zero-order chi connectivity index (χ0) is 19.8. The van der Waals surface area contributed by atoms with Crippen LogP contribution in [0.2, 0.25) is 0 Å². The third kappa shape index (κ3) is 2.89. The largest absolute Gasteiger partial charge is 0.480 e. The fourth-order valence-corrected chi connectivity index (χ4v) is 3.75. The highest BCUT2D eigenvalue weighted by Gasteiger charge is 2.28. The van der Waals surface area contributed by atoms with Crippen molar-refractivity contribution in [2.24, 2.45) is 5.92 Å². The molecule has 1 fully saturated rings. The maximum Gasteiger partial charge on any atom is 0.319 e. The van der Waals surface area contributed by atoms with Crippen molar-refractivity contribution >= 4 is 11.0 Å². The van der Waals surface area contributed by atoms with Crippen LogP contribution in [0.1, 0.15) is 37.9 Å². The number of aromatic nitrogens is 5. The third-order valence-corrected chi connectivity index (χ3v) is 5.57. The number of fused-ring (bicyclic) bond motifs is 1. The lowest BCUT2D eigenvalue weighted by molar-refractivity contribution is 0.222. The number of hydrogen-bond donors (Lipinski definition) is 0. The summed E-state index contributed by atoms with van der Waals surface area (Å²) < 4.78 is 12.4. The molecular formula is C20H23N5O3. The van der Waals surface area contributed by atoms with E-state index in [-0.39, 0.29) is 17.6 Å². The van der Waals surface area contributed by atoms with E-state index in [2.05, 4.69) is 26.9 Å². The molecule has 1 saturated carbocycles. The first kappa shape index (κ1) is 18.3. The van der Waals surface area contributed by atoms with Gasteiger partial charge in [0.25, 0.3) is 5.56 Å². The molecule has 3 heterocycles. The summed E-state index contributed by atoms with van der Waals surface area (Å²) in [7, 11) is 3.03. The van der Waals surface area contributed by atoms with Crippen molar-refractivity contribution in [2.75, 3.05) is 14.2 Å². The lowest BCUT2D eigenvalue weighted by Crippen LogP contribution is -2.33. The number of rotatable bonds is 5. The molecule has 3 aromatic heterocycles. The highest BCUT2D eigenvalue weighted by Crippen LogP contribution is 2.37. The Morgan fingerprint density at radius 1 is 1.18 bits per heavy atom. The molecule has 1 aliphatic carbocycles. The van der Waals surface area contributed by atoms with Gasteiger partial charge in [0.15, 0.2) is 0 Å². The van der Waals surface area contributed by atoms with E-state index in [1.54, 1.807) is 19.3 Å². The fourth-order valence-electron chi connectivity index (χ4n) is 3.75. The van der Waals surface area contributed by atoms with E-state index in [0.717, 1.165) is 18.4 Å². The summed E-state index contributed by atoms with van der Waals surface area (Å²) in [6.07, 6.45) is 6.80. The zero-order valence-electron chi connectivity index (χ0n) is 16.5. The molecule has 0 unspecified atom stereocenters. The Kier molecular flexibility index (Phi) is 4.70. The number of ether oxygens (including phenoxy) is 2. The Hall–Kier alpha value is -3.03. The van der Waals surface area contributed by atoms with Crippen LogP contribution in [0.15, 0.2) is 23.3 Å². The van der Waals surface area contributed by atoms with Crippen LogP contribution < -0.4 is 15.0 Å². The van der Waals surface area contributed by atoms with E-state index in [9.17, 15) is 4.79 Å². The minimum Gasteiger partial charge on any atom is -0.480 e. The van der Waals surface area contributed by atoms with Crippen LogP contribution in [0.5, 0.6) is 11.9 Å². The topological polar surface area (TPSA) is 92.0 Å². The molecule has 0 spiro atoms. The van der Waals surface area contributed by atoms with Crippen LogP contribution in [0.25, 0.3) is 22.3 Å². The molecule has 8 heteroatoms. The van der Waals surface area contributed by atoms with Gasteiger partial charge in [0.05, 0.1) is 25.3 Å². The molecular weight excluding hydrogens is 358 g/mol. The van der Waals surface area contributed by atoms with Crippen LogP contribution in [0.4, 0.5) is 0 Å². The van der Waals surface area contributed by atoms with Crippen LogP contribution in [0, 0.1) is 12.8 Å². The lowest BCUT2D eigenvalue weighted by atomic mass is 9.80. The van der Waals surface area contributed by atoms with Crippen molar-refractivity contribution in [2.45, 2.75) is 39.2 Å². The van der Waals surface area contributed by atoms with Crippen molar-refractivity contribution in [3.05, 3.63) is 34.5 Å². The van der Waals surface area contributed by atoms with Crippen molar-refractivity contribution in [1.29, 1.82) is 0 Å². The van der Waals surface area contributed by atoms with Gasteiger partial charge in [0.2, 0.25) is 5.88 Å². The highest BCUT2D eigenvalue weighted by atomic mass is 16.5. The molecule has 3 aromatic rings. The van der Waals surface area contributed by atoms with Gasteiger partial charge >= 0.3 is 6.01 Å². The number of pyridine rings is 1. The monoisotopic (exact) mass is 381 g/mol. The van der Waals surface area contributed by atoms with E-state index in [1.165, 1.54) is 20.6 Å². The molecule has 0 aliphatic heterocycles. The van der Waals surface area contributed by atoms with Crippen LogP contribution in [-0.4, -0.2) is 38.7 Å². The van der Waals surface area contributed by atoms with Gasteiger partial charge in [-0.1, -0.05) is 6.42 Å². The number of hydrogen-bond acceptors (Lipinski definition) is 7. The molecule has 4 rings (SSSR count). The van der Waals surface area contributed by atoms with Gasteiger partial charge in [-0.3, -0.25) is 9.78 Å². The smallest absolute Gasteiger partial charge is 0.319 e. The van der Waals surface area contributed by atoms with E-state index < -0.39 is 0 Å². The second kappa shape index (κ2) is 7.18. The highest BCUT2D eigenvalue weighted by molar-refractivity contribution is 5.90. The minimum atomic E-state index is -0.0537. The zero-order valence-corrected chi connectivity index (χ0v) is 16.5. The molecule has 0 saturated heterocycles. The molecule has 0 radical (unpaired) electrons. The van der Waals surface area contributed by atoms with Gasteiger partial charge in [-0.25, -0.2) is 9.97 Å². The Morgan fingerprint density at radius 3 is 2.61 bits per heavy atom. The minimum absolute atomic E-state index is 0.0537. The van der Waals surface area contributed by atoms with Gasteiger partial charge in [-0.2, -0.15) is 4.98 Å². The van der Waals surface area contributed by atoms with Gasteiger partial charge in [-0.15, -0.1) is 0 Å². The van der Waals surface area contributed by atoms with Crippen molar-refractivity contribution < 1.29 is 9.47 Å². The van der Waals surface area contributed by atoms with Crippen LogP contribution in [0.3, 0.4) is 0 Å². The van der Waals surface area contributed by atoms with Gasteiger partial charge < -0.3 is 14.0 Å². The Bertz CT molecular complexity index is 1090. The first-order valence-corrected chi connectivity index (χ1v) is 9.38. The van der Waals surface area contributed by atoms with Crippen LogP contribution >= 0.6 is 0 Å². The normalized spacial score (nSPS) is 15.3. The third-order valence-electron chi connectivity index (χ3n) is 5.57. The number of nitrogens with zero attached hydrogens (tertiary/aromatic N) is 5. The standard InChI is InChI=1S/C20H23N5O3/c1-11-19(26)25(12(2)13-6-5-7-13)15-8-9-21-16(17(15)23-11)14-10-22-20(28-4)24-18(14)27-3/h8-10,12-13H,5-7H2,1-4H3/t12-/m1/s1. The maximum absolute atomic E-state index is 12.9. The SMILES string of the molecule is COc1ncc(-c2nccc3c2nc(C)c(=O)n3[C@H](C)C2CCC2)c(OC)n1. The summed E-state index contributed by atoms with van der Waals surface area (Å²) in [5, 5.41) is 0. The first-order chi connectivity index (χ1) is 13.5. The average molecular weight is 381 g/mol. The predicted octanol–water partition coefficient (Wildman–Crippen LogP) is 2.94. The first-order valence-electron chi connectivity index (χ1n) is 9.38. The molecule has 1 atom stereocenters. The molecule has 0 amide bonds. The number of methoxy groups -OCH3 is 2. The Labute approximate surface area is 162 Å². The molecule has 0 aromatic carbocycles. The fraction of sp³-hybridized carbons (Fsp3) is 0.450. The average Bonchev–Trinajstić information content (AvgIpc) is 2.66.